The molecule has 0 aliphatic carbocycles. The average Bonchev–Trinajstić information content (AvgIpc) is 2.73. The molecule has 3 aromatic rings. The van der Waals surface area contributed by atoms with Crippen molar-refractivity contribution in [1.82, 2.24) is 15.0 Å². The predicted octanol–water partition coefficient (Wildman–Crippen LogP) is 2.46. The molecule has 0 spiro atoms. The van der Waals surface area contributed by atoms with Gasteiger partial charge in [0, 0.05) is 5.69 Å². The molecule has 0 atom stereocenters. The average molecular weight is 397 g/mol. The van der Waals surface area contributed by atoms with Crippen molar-refractivity contribution in [1.29, 1.82) is 0 Å². The Morgan fingerprint density at radius 2 is 1.83 bits per heavy atom. The Hall–Kier alpha value is -3.95. The number of nitrogen functional groups attached to an aromatic ring is 1. The van der Waals surface area contributed by atoms with Gasteiger partial charge in [0.2, 0.25) is 11.9 Å². The fourth-order valence-corrected chi connectivity index (χ4v) is 2.60. The molecule has 0 saturated heterocycles. The highest BCUT2D eigenvalue weighted by Gasteiger charge is 2.16. The normalized spacial score (nSPS) is 12.3. The van der Waals surface area contributed by atoms with Crippen molar-refractivity contribution in [2.24, 2.45) is 0 Å². The van der Waals surface area contributed by atoms with Gasteiger partial charge in [0.15, 0.2) is 23.9 Å². The monoisotopic (exact) mass is 397 g/mol. The molecule has 4 rings (SSSR count). The summed E-state index contributed by atoms with van der Waals surface area (Å²) in [6.45, 7) is 0.670. The fourth-order valence-electron chi connectivity index (χ4n) is 2.60. The molecule has 2 heterocycles. The lowest BCUT2D eigenvalue weighted by molar-refractivity contribution is 0.0461. The maximum absolute atomic E-state index is 13.0. The highest BCUT2D eigenvalue weighted by Crippen LogP contribution is 2.31. The molecule has 0 unspecified atom stereocenters. The van der Waals surface area contributed by atoms with Crippen LogP contribution in [-0.4, -0.2) is 34.1 Å². The molecule has 10 heteroatoms. The molecule has 1 aliphatic rings. The van der Waals surface area contributed by atoms with Gasteiger partial charge >= 0.3 is 5.97 Å². The molecule has 9 nitrogen and oxygen atoms in total. The number of nitrogens with one attached hydrogen (secondary N) is 1. The second kappa shape index (κ2) is 7.97. The minimum Gasteiger partial charge on any atom is -0.486 e. The molecule has 0 bridgehead atoms. The van der Waals surface area contributed by atoms with Crippen LogP contribution >= 0.6 is 0 Å². The van der Waals surface area contributed by atoms with Gasteiger partial charge in [0.05, 0.1) is 5.56 Å². The minimum absolute atomic E-state index is 0.0463. The van der Waals surface area contributed by atoms with Crippen molar-refractivity contribution in [2.75, 3.05) is 24.3 Å². The molecule has 29 heavy (non-hydrogen) atoms. The Morgan fingerprint density at radius 1 is 1.07 bits per heavy atom. The molecule has 3 N–H and O–H groups in total. The first kappa shape index (κ1) is 18.4. The van der Waals surface area contributed by atoms with Crippen molar-refractivity contribution in [3.63, 3.8) is 0 Å². The number of carbonyl (C=O) groups is 1. The van der Waals surface area contributed by atoms with Crippen LogP contribution < -0.4 is 20.5 Å². The van der Waals surface area contributed by atoms with Crippen LogP contribution in [0.2, 0.25) is 0 Å². The number of rotatable bonds is 5. The van der Waals surface area contributed by atoms with Crippen LogP contribution in [-0.2, 0) is 11.3 Å². The maximum Gasteiger partial charge on any atom is 0.338 e. The maximum atomic E-state index is 13.0. The van der Waals surface area contributed by atoms with Gasteiger partial charge in [-0.25, -0.2) is 9.18 Å². The standard InChI is InChI=1S/C19H16FN5O4/c20-12-2-4-13(5-3-12)22-19-24-16(23-18(21)25-19)10-29-17(26)11-1-6-14-15(9-11)28-8-7-27-14/h1-6,9H,7-8,10H2,(H3,21,22,23,24,25). The zero-order chi connectivity index (χ0) is 20.2. The van der Waals surface area contributed by atoms with Crippen LogP contribution in [0.4, 0.5) is 22.0 Å². The van der Waals surface area contributed by atoms with E-state index in [-0.39, 0.29) is 30.1 Å². The smallest absolute Gasteiger partial charge is 0.338 e. The number of hydrogen-bond acceptors (Lipinski definition) is 9. The van der Waals surface area contributed by atoms with Crippen molar-refractivity contribution >= 4 is 23.6 Å². The number of hydrogen-bond donors (Lipinski definition) is 2. The molecule has 0 radical (unpaired) electrons. The Bertz CT molecular complexity index is 1050. The van der Waals surface area contributed by atoms with Gasteiger partial charge in [0.25, 0.3) is 0 Å². The molecule has 148 valence electrons. The van der Waals surface area contributed by atoms with E-state index in [4.69, 9.17) is 19.9 Å². The first-order valence-electron chi connectivity index (χ1n) is 8.66. The van der Waals surface area contributed by atoms with Crippen LogP contribution in [0.1, 0.15) is 16.2 Å². The Labute approximate surface area is 164 Å². The molecular weight excluding hydrogens is 381 g/mol. The molecule has 2 aromatic carbocycles. The summed E-state index contributed by atoms with van der Waals surface area (Å²) in [5.41, 5.74) is 6.57. The molecule has 0 amide bonds. The van der Waals surface area contributed by atoms with Gasteiger partial charge in [-0.1, -0.05) is 0 Å². The lowest BCUT2D eigenvalue weighted by atomic mass is 10.2. The van der Waals surface area contributed by atoms with E-state index in [9.17, 15) is 9.18 Å². The van der Waals surface area contributed by atoms with Crippen molar-refractivity contribution in [3.05, 3.63) is 59.7 Å². The summed E-state index contributed by atoms with van der Waals surface area (Å²) >= 11 is 0. The van der Waals surface area contributed by atoms with Gasteiger partial charge in [0.1, 0.15) is 19.0 Å². The Kier molecular flexibility index (Phi) is 5.06. The summed E-state index contributed by atoms with van der Waals surface area (Å²) in [6.07, 6.45) is 0. The highest BCUT2D eigenvalue weighted by atomic mass is 19.1. The summed E-state index contributed by atoms with van der Waals surface area (Å²) in [4.78, 5) is 24.4. The largest absolute Gasteiger partial charge is 0.486 e. The topological polar surface area (TPSA) is 121 Å². The van der Waals surface area contributed by atoms with E-state index in [1.54, 1.807) is 18.2 Å². The van der Waals surface area contributed by atoms with Crippen molar-refractivity contribution in [3.8, 4) is 11.5 Å². The molecule has 1 aliphatic heterocycles. The quantitative estimate of drug-likeness (QED) is 0.625. The number of carbonyl (C=O) groups excluding carboxylic acids is 1. The number of fused-ring (bicyclic) bond motifs is 1. The molecule has 0 fully saturated rings. The third kappa shape index (κ3) is 4.49. The van der Waals surface area contributed by atoms with Gasteiger partial charge in [-0.05, 0) is 42.5 Å². The van der Waals surface area contributed by atoms with Crippen LogP contribution in [0.25, 0.3) is 0 Å². The number of anilines is 3. The predicted molar refractivity (Wildman–Crippen MR) is 100 cm³/mol. The summed E-state index contributed by atoms with van der Waals surface area (Å²) in [5, 5.41) is 2.89. The first-order valence-corrected chi connectivity index (χ1v) is 8.66. The van der Waals surface area contributed by atoms with Crippen LogP contribution in [0, 0.1) is 5.82 Å². The number of nitrogens with zero attached hydrogens (tertiary/aromatic N) is 3. The van der Waals surface area contributed by atoms with Gasteiger partial charge in [-0.3, -0.25) is 0 Å². The van der Waals surface area contributed by atoms with Gasteiger partial charge < -0.3 is 25.3 Å². The summed E-state index contributed by atoms with van der Waals surface area (Å²) in [5.74, 6) is 0.388. The zero-order valence-electron chi connectivity index (χ0n) is 15.1. The number of esters is 1. The third-order valence-electron chi connectivity index (χ3n) is 3.91. The third-order valence-corrected chi connectivity index (χ3v) is 3.91. The summed E-state index contributed by atoms with van der Waals surface area (Å²) < 4.78 is 29.2. The van der Waals surface area contributed by atoms with E-state index >= 15 is 0 Å². The Balaban J connectivity index is 1.43. The van der Waals surface area contributed by atoms with Crippen LogP contribution in [0.5, 0.6) is 11.5 Å². The lowest BCUT2D eigenvalue weighted by Gasteiger charge is -2.18. The van der Waals surface area contributed by atoms with Gasteiger partial charge in [-0.2, -0.15) is 15.0 Å². The number of benzene rings is 2. The number of ether oxygens (including phenoxy) is 3. The van der Waals surface area contributed by atoms with Crippen molar-refractivity contribution in [2.45, 2.75) is 6.61 Å². The summed E-state index contributed by atoms with van der Waals surface area (Å²) in [7, 11) is 0. The molecule has 0 saturated carbocycles. The molecular formula is C19H16FN5O4. The molecule has 1 aromatic heterocycles. The van der Waals surface area contributed by atoms with Crippen LogP contribution in [0.15, 0.2) is 42.5 Å². The minimum atomic E-state index is -0.575. The second-order valence-corrected chi connectivity index (χ2v) is 6.00. The van der Waals surface area contributed by atoms with E-state index in [1.165, 1.54) is 24.3 Å². The highest BCUT2D eigenvalue weighted by molar-refractivity contribution is 5.90. The first-order chi connectivity index (χ1) is 14.1. The number of nitrogens with two attached hydrogens (primary N) is 1. The Morgan fingerprint density at radius 3 is 2.62 bits per heavy atom. The number of aromatic nitrogens is 3. The van der Waals surface area contributed by atoms with Gasteiger partial charge in [-0.15, -0.1) is 0 Å². The van der Waals surface area contributed by atoms with E-state index in [0.717, 1.165) is 0 Å². The summed E-state index contributed by atoms with van der Waals surface area (Å²) in [6, 6.07) is 10.4. The van der Waals surface area contributed by atoms with E-state index in [0.29, 0.717) is 36.0 Å². The van der Waals surface area contributed by atoms with E-state index < -0.39 is 5.97 Å². The van der Waals surface area contributed by atoms with E-state index in [2.05, 4.69) is 20.3 Å². The van der Waals surface area contributed by atoms with Crippen LogP contribution in [0.3, 0.4) is 0 Å². The lowest BCUT2D eigenvalue weighted by Crippen LogP contribution is -2.16. The fraction of sp³-hybridized carbons (Fsp3) is 0.158. The zero-order valence-corrected chi connectivity index (χ0v) is 15.1. The van der Waals surface area contributed by atoms with Crippen molar-refractivity contribution < 1.29 is 23.4 Å². The number of halogens is 1. The second-order valence-electron chi connectivity index (χ2n) is 6.00. The van der Waals surface area contributed by atoms with E-state index in [1.807, 2.05) is 0 Å². The SMILES string of the molecule is Nc1nc(COC(=O)c2ccc3c(c2)OCCO3)nc(Nc2ccc(F)cc2)n1.